The van der Waals surface area contributed by atoms with E-state index in [1.54, 1.807) is 6.26 Å². The molecule has 1 N–H and O–H groups in total. The highest BCUT2D eigenvalue weighted by Gasteiger charge is 2.38. The van der Waals surface area contributed by atoms with Gasteiger partial charge in [0.15, 0.2) is 0 Å². The predicted molar refractivity (Wildman–Crippen MR) is 91.9 cm³/mol. The maximum atomic E-state index is 11.7. The van der Waals surface area contributed by atoms with Crippen LogP contribution in [-0.4, -0.2) is 28.6 Å². The lowest BCUT2D eigenvalue weighted by atomic mass is 9.95. The van der Waals surface area contributed by atoms with Crippen LogP contribution in [0.15, 0.2) is 65.3 Å². The van der Waals surface area contributed by atoms with Gasteiger partial charge in [-0.15, -0.1) is 0 Å². The summed E-state index contributed by atoms with van der Waals surface area (Å²) in [4.78, 5) is 13.8. The van der Waals surface area contributed by atoms with Crippen molar-refractivity contribution in [2.45, 2.75) is 24.9 Å². The van der Waals surface area contributed by atoms with Gasteiger partial charge in [-0.05, 0) is 41.3 Å². The quantitative estimate of drug-likeness (QED) is 0.787. The Hall–Kier alpha value is -2.59. The Bertz CT molecular complexity index is 851. The average Bonchev–Trinajstić information content (AvgIpc) is 3.27. The fourth-order valence-corrected chi connectivity index (χ4v) is 3.79. The van der Waals surface area contributed by atoms with E-state index in [0.717, 1.165) is 35.1 Å². The van der Waals surface area contributed by atoms with Crippen LogP contribution in [0, 0.1) is 0 Å². The third-order valence-corrected chi connectivity index (χ3v) is 4.84. The molecular formula is C20H19NO3. The number of rotatable bonds is 4. The van der Waals surface area contributed by atoms with E-state index in [4.69, 9.17) is 4.42 Å². The summed E-state index contributed by atoms with van der Waals surface area (Å²) in [5, 5.41) is 11.9. The number of likely N-dealkylation sites (tertiary alicyclic amines) is 1. The van der Waals surface area contributed by atoms with Gasteiger partial charge in [-0.3, -0.25) is 9.69 Å². The molecule has 0 radical (unpaired) electrons. The molecule has 1 fully saturated rings. The Morgan fingerprint density at radius 2 is 1.96 bits per heavy atom. The van der Waals surface area contributed by atoms with Crippen molar-refractivity contribution in [3.63, 3.8) is 0 Å². The molecule has 3 aromatic rings. The zero-order valence-corrected chi connectivity index (χ0v) is 13.3. The van der Waals surface area contributed by atoms with Crippen LogP contribution >= 0.6 is 0 Å². The van der Waals surface area contributed by atoms with Gasteiger partial charge in [0, 0.05) is 6.54 Å². The van der Waals surface area contributed by atoms with Crippen LogP contribution in [0.25, 0.3) is 10.8 Å². The number of furan rings is 1. The Morgan fingerprint density at radius 1 is 1.12 bits per heavy atom. The first-order valence-corrected chi connectivity index (χ1v) is 8.25. The average molecular weight is 321 g/mol. The van der Waals surface area contributed by atoms with Crippen molar-refractivity contribution in [2.24, 2.45) is 0 Å². The Labute approximate surface area is 140 Å². The van der Waals surface area contributed by atoms with Crippen LogP contribution in [0.3, 0.4) is 0 Å². The van der Waals surface area contributed by atoms with E-state index in [1.807, 2.05) is 30.3 Å². The highest BCUT2D eigenvalue weighted by atomic mass is 16.4. The third-order valence-electron chi connectivity index (χ3n) is 4.84. The first-order valence-electron chi connectivity index (χ1n) is 8.25. The molecule has 24 heavy (non-hydrogen) atoms. The van der Waals surface area contributed by atoms with Gasteiger partial charge in [-0.2, -0.15) is 0 Å². The van der Waals surface area contributed by atoms with Gasteiger partial charge in [-0.25, -0.2) is 0 Å². The summed E-state index contributed by atoms with van der Waals surface area (Å²) in [6, 6.07) is 17.5. The fraction of sp³-hybridized carbons (Fsp3) is 0.250. The van der Waals surface area contributed by atoms with Gasteiger partial charge in [-0.1, -0.05) is 42.5 Å². The van der Waals surface area contributed by atoms with E-state index in [9.17, 15) is 9.90 Å². The molecule has 4 rings (SSSR count). The molecule has 2 atom stereocenters. The lowest BCUT2D eigenvalue weighted by Crippen LogP contribution is -2.39. The lowest BCUT2D eigenvalue weighted by molar-refractivity contribution is -0.142. The second-order valence-corrected chi connectivity index (χ2v) is 6.22. The minimum Gasteiger partial charge on any atom is -0.480 e. The minimum atomic E-state index is -0.760. The summed E-state index contributed by atoms with van der Waals surface area (Å²) >= 11 is 0. The van der Waals surface area contributed by atoms with E-state index in [2.05, 4.69) is 29.2 Å². The van der Waals surface area contributed by atoms with E-state index < -0.39 is 12.0 Å². The number of aliphatic carboxylic acids is 1. The third kappa shape index (κ3) is 2.49. The molecule has 1 saturated heterocycles. The van der Waals surface area contributed by atoms with Crippen molar-refractivity contribution in [2.75, 3.05) is 6.54 Å². The normalized spacial score (nSPS) is 19.6. The zero-order valence-electron chi connectivity index (χ0n) is 13.3. The SMILES string of the molecule is O=C(O)C1CCCN1C(c1ccco1)c1cccc2ccccc12. The number of carboxylic acids is 1. The molecule has 0 aliphatic carbocycles. The van der Waals surface area contributed by atoms with Gasteiger partial charge in [0.25, 0.3) is 0 Å². The van der Waals surface area contributed by atoms with E-state index in [0.29, 0.717) is 6.42 Å². The van der Waals surface area contributed by atoms with Crippen LogP contribution in [0.5, 0.6) is 0 Å². The van der Waals surface area contributed by atoms with Crippen molar-refractivity contribution >= 4 is 16.7 Å². The molecule has 0 amide bonds. The number of carboxylic acid groups (broad SMARTS) is 1. The zero-order chi connectivity index (χ0) is 16.5. The lowest BCUT2D eigenvalue weighted by Gasteiger charge is -2.30. The van der Waals surface area contributed by atoms with Crippen molar-refractivity contribution in [3.05, 3.63) is 72.2 Å². The molecule has 4 nitrogen and oxygen atoms in total. The molecule has 1 aliphatic heterocycles. The maximum absolute atomic E-state index is 11.7. The van der Waals surface area contributed by atoms with Crippen molar-refractivity contribution in [3.8, 4) is 0 Å². The van der Waals surface area contributed by atoms with E-state index >= 15 is 0 Å². The number of benzene rings is 2. The Morgan fingerprint density at radius 3 is 2.75 bits per heavy atom. The topological polar surface area (TPSA) is 53.7 Å². The summed E-state index contributed by atoms with van der Waals surface area (Å²) in [5.74, 6) is 0.0313. The molecule has 2 aromatic carbocycles. The summed E-state index contributed by atoms with van der Waals surface area (Å²) in [7, 11) is 0. The molecular weight excluding hydrogens is 302 g/mol. The van der Waals surface area contributed by atoms with Gasteiger partial charge < -0.3 is 9.52 Å². The number of hydrogen-bond donors (Lipinski definition) is 1. The van der Waals surface area contributed by atoms with Crippen LogP contribution in [-0.2, 0) is 4.79 Å². The summed E-state index contributed by atoms with van der Waals surface area (Å²) in [6.45, 7) is 0.756. The standard InChI is InChI=1S/C20H19NO3/c22-20(23)17-10-4-12-21(17)19(18-11-5-13-24-18)16-9-3-7-14-6-1-2-8-15(14)16/h1-3,5-9,11,13,17,19H,4,10,12H2,(H,22,23). The van der Waals surface area contributed by atoms with Crippen LogP contribution in [0.4, 0.5) is 0 Å². The highest BCUT2D eigenvalue weighted by molar-refractivity contribution is 5.86. The van der Waals surface area contributed by atoms with Crippen LogP contribution < -0.4 is 0 Å². The Balaban J connectivity index is 1.89. The monoisotopic (exact) mass is 321 g/mol. The van der Waals surface area contributed by atoms with Crippen LogP contribution in [0.2, 0.25) is 0 Å². The number of carbonyl (C=O) groups is 1. The molecule has 1 aromatic heterocycles. The van der Waals surface area contributed by atoms with E-state index in [1.165, 1.54) is 0 Å². The molecule has 122 valence electrons. The maximum Gasteiger partial charge on any atom is 0.320 e. The van der Waals surface area contributed by atoms with Crippen LogP contribution in [0.1, 0.15) is 30.2 Å². The fourth-order valence-electron chi connectivity index (χ4n) is 3.79. The summed E-state index contributed by atoms with van der Waals surface area (Å²) in [6.07, 6.45) is 3.22. The minimum absolute atomic E-state index is 0.185. The van der Waals surface area contributed by atoms with Gasteiger partial charge >= 0.3 is 5.97 Å². The molecule has 2 heterocycles. The van der Waals surface area contributed by atoms with Gasteiger partial charge in [0.05, 0.1) is 12.3 Å². The first kappa shape index (κ1) is 15.0. The largest absolute Gasteiger partial charge is 0.480 e. The number of fused-ring (bicyclic) bond motifs is 1. The molecule has 0 spiro atoms. The molecule has 0 saturated carbocycles. The van der Waals surface area contributed by atoms with Gasteiger partial charge in [0.1, 0.15) is 11.8 Å². The predicted octanol–water partition coefficient (Wildman–Crippen LogP) is 4.07. The summed E-state index contributed by atoms with van der Waals surface area (Å²) in [5.41, 5.74) is 1.09. The molecule has 0 bridgehead atoms. The molecule has 1 aliphatic rings. The van der Waals surface area contributed by atoms with E-state index in [-0.39, 0.29) is 6.04 Å². The highest BCUT2D eigenvalue weighted by Crippen LogP contribution is 2.38. The Kier molecular flexibility index (Phi) is 3.82. The number of nitrogens with zero attached hydrogens (tertiary/aromatic N) is 1. The van der Waals surface area contributed by atoms with Crippen molar-refractivity contribution < 1.29 is 14.3 Å². The van der Waals surface area contributed by atoms with Crippen molar-refractivity contribution in [1.29, 1.82) is 0 Å². The smallest absolute Gasteiger partial charge is 0.320 e. The van der Waals surface area contributed by atoms with Crippen molar-refractivity contribution in [1.82, 2.24) is 4.90 Å². The molecule has 2 unspecified atom stereocenters. The second-order valence-electron chi connectivity index (χ2n) is 6.22. The summed E-state index contributed by atoms with van der Waals surface area (Å²) < 4.78 is 5.70. The number of hydrogen-bond acceptors (Lipinski definition) is 3. The first-order chi connectivity index (χ1) is 11.8. The molecule has 4 heteroatoms. The van der Waals surface area contributed by atoms with Gasteiger partial charge in [0.2, 0.25) is 0 Å². The second kappa shape index (κ2) is 6.13.